The maximum Gasteiger partial charge on any atom is 0.263 e. The Bertz CT molecular complexity index is 1080. The van der Waals surface area contributed by atoms with Crippen LogP contribution in [0.4, 0.5) is 11.5 Å². The number of nitrogens with one attached hydrogen (secondary N) is 1. The van der Waals surface area contributed by atoms with Crippen molar-refractivity contribution >= 4 is 27.7 Å². The van der Waals surface area contributed by atoms with Crippen LogP contribution in [0.25, 0.3) is 0 Å². The van der Waals surface area contributed by atoms with Gasteiger partial charge in [-0.25, -0.2) is 13.4 Å². The van der Waals surface area contributed by atoms with Crippen molar-refractivity contribution in [2.24, 2.45) is 4.99 Å². The molecule has 0 unspecified atom stereocenters. The number of aromatic nitrogens is 1. The minimum Gasteiger partial charge on any atom is -0.504 e. The third-order valence-corrected chi connectivity index (χ3v) is 5.05. The molecule has 140 valence electrons. The first-order chi connectivity index (χ1) is 12.9. The average Bonchev–Trinajstić information content (AvgIpc) is 3.00. The summed E-state index contributed by atoms with van der Waals surface area (Å²) in [6.07, 6.45) is 1.37. The fourth-order valence-electron chi connectivity index (χ4n) is 2.31. The fourth-order valence-corrected chi connectivity index (χ4v) is 3.34. The van der Waals surface area contributed by atoms with Crippen LogP contribution in [0.2, 0.25) is 0 Å². The summed E-state index contributed by atoms with van der Waals surface area (Å²) in [5.41, 5.74) is 0.601. The molecule has 0 bridgehead atoms. The van der Waals surface area contributed by atoms with Gasteiger partial charge in [0.2, 0.25) is 5.82 Å². The van der Waals surface area contributed by atoms with Gasteiger partial charge in [0.15, 0.2) is 22.9 Å². The first kappa shape index (κ1) is 18.5. The van der Waals surface area contributed by atoms with Crippen molar-refractivity contribution in [2.75, 3.05) is 11.8 Å². The molecule has 0 saturated heterocycles. The lowest BCUT2D eigenvalue weighted by atomic mass is 10.2. The average molecular weight is 387 g/mol. The van der Waals surface area contributed by atoms with Gasteiger partial charge in [-0.15, -0.1) is 0 Å². The number of methoxy groups -OCH3 is 1. The lowest BCUT2D eigenvalue weighted by molar-refractivity contribution is 0.373. The second-order valence-corrected chi connectivity index (χ2v) is 7.19. The molecule has 3 rings (SSSR count). The number of aryl methyl sites for hydroxylation is 1. The van der Waals surface area contributed by atoms with Crippen molar-refractivity contribution in [1.82, 2.24) is 5.16 Å². The molecule has 1 heterocycles. The van der Waals surface area contributed by atoms with Gasteiger partial charge < -0.3 is 14.4 Å². The second kappa shape index (κ2) is 7.50. The summed E-state index contributed by atoms with van der Waals surface area (Å²) in [5.74, 6) is 0.490. The minimum atomic E-state index is -3.84. The van der Waals surface area contributed by atoms with Crippen LogP contribution in [0.5, 0.6) is 11.5 Å². The van der Waals surface area contributed by atoms with Crippen LogP contribution in [0.15, 0.2) is 62.9 Å². The van der Waals surface area contributed by atoms with Crippen molar-refractivity contribution in [2.45, 2.75) is 11.8 Å². The number of ether oxygens (including phenoxy) is 1. The van der Waals surface area contributed by atoms with Gasteiger partial charge in [-0.2, -0.15) is 0 Å². The number of anilines is 1. The monoisotopic (exact) mass is 387 g/mol. The molecule has 0 aliphatic carbocycles. The third kappa shape index (κ3) is 3.93. The Labute approximate surface area is 156 Å². The van der Waals surface area contributed by atoms with Gasteiger partial charge in [-0.05, 0) is 31.2 Å². The quantitative estimate of drug-likeness (QED) is 0.628. The lowest BCUT2D eigenvalue weighted by Gasteiger charge is -2.06. The number of rotatable bonds is 6. The summed E-state index contributed by atoms with van der Waals surface area (Å²) in [4.78, 5) is 4.32. The summed E-state index contributed by atoms with van der Waals surface area (Å²) in [6, 6.07) is 12.8. The van der Waals surface area contributed by atoms with Crippen LogP contribution < -0.4 is 9.46 Å². The highest BCUT2D eigenvalue weighted by Gasteiger charge is 2.20. The van der Waals surface area contributed by atoms with Gasteiger partial charge in [-0.1, -0.05) is 29.4 Å². The van der Waals surface area contributed by atoms with E-state index in [1.165, 1.54) is 25.5 Å². The van der Waals surface area contributed by atoms with E-state index in [4.69, 9.17) is 9.26 Å². The number of para-hydroxylation sites is 1. The standard InChI is InChI=1S/C18H17N3O5S/c1-12-16(19-11-13-7-6-10-15(25-2)17(13)22)18(20-26-12)21-27(23,24)14-8-4-3-5-9-14/h3-11,22H,1-2H3,(H,20,21). The van der Waals surface area contributed by atoms with Crippen LogP contribution in [0.1, 0.15) is 11.3 Å². The highest BCUT2D eigenvalue weighted by atomic mass is 32.2. The predicted octanol–water partition coefficient (Wildman–Crippen LogP) is 3.25. The molecule has 0 aliphatic rings. The Morgan fingerprint density at radius 3 is 2.63 bits per heavy atom. The molecule has 0 radical (unpaired) electrons. The largest absolute Gasteiger partial charge is 0.504 e. The number of phenols is 1. The van der Waals surface area contributed by atoms with Crippen molar-refractivity contribution < 1.29 is 22.8 Å². The molecule has 8 nitrogen and oxygen atoms in total. The SMILES string of the molecule is COc1cccc(C=Nc2c(NS(=O)(=O)c3ccccc3)noc2C)c1O. The number of sulfonamides is 1. The zero-order valence-electron chi connectivity index (χ0n) is 14.6. The van der Waals surface area contributed by atoms with Gasteiger partial charge in [0, 0.05) is 11.8 Å². The van der Waals surface area contributed by atoms with E-state index < -0.39 is 10.0 Å². The summed E-state index contributed by atoms with van der Waals surface area (Å²) in [7, 11) is -2.40. The zero-order valence-corrected chi connectivity index (χ0v) is 15.4. The second-order valence-electron chi connectivity index (χ2n) is 5.51. The molecule has 0 amide bonds. The third-order valence-electron chi connectivity index (χ3n) is 3.70. The number of aliphatic imine (C=N–C) groups is 1. The summed E-state index contributed by atoms with van der Waals surface area (Å²) < 4.78 is 37.4. The number of aromatic hydroxyl groups is 1. The molecule has 2 N–H and O–H groups in total. The number of hydrogen-bond acceptors (Lipinski definition) is 7. The van der Waals surface area contributed by atoms with E-state index in [2.05, 4.69) is 14.9 Å². The number of benzene rings is 2. The van der Waals surface area contributed by atoms with Crippen LogP contribution >= 0.6 is 0 Å². The van der Waals surface area contributed by atoms with Gasteiger partial charge in [0.1, 0.15) is 0 Å². The van der Waals surface area contributed by atoms with Crippen molar-refractivity contribution in [3.05, 3.63) is 59.9 Å². The van der Waals surface area contributed by atoms with E-state index in [1.54, 1.807) is 43.3 Å². The molecule has 1 aromatic heterocycles. The number of hydrogen-bond donors (Lipinski definition) is 2. The Balaban J connectivity index is 1.92. The molecule has 0 atom stereocenters. The Hall–Kier alpha value is -3.33. The van der Waals surface area contributed by atoms with Gasteiger partial charge in [-0.3, -0.25) is 4.72 Å². The van der Waals surface area contributed by atoms with E-state index in [-0.39, 0.29) is 22.2 Å². The van der Waals surface area contributed by atoms with E-state index in [0.717, 1.165) is 0 Å². The molecule has 27 heavy (non-hydrogen) atoms. The van der Waals surface area contributed by atoms with Gasteiger partial charge >= 0.3 is 0 Å². The number of nitrogens with zero attached hydrogens (tertiary/aromatic N) is 2. The van der Waals surface area contributed by atoms with Gasteiger partial charge in [0.25, 0.3) is 10.0 Å². The molecule has 0 fully saturated rings. The molecule has 2 aromatic carbocycles. The molecule has 0 spiro atoms. The van der Waals surface area contributed by atoms with E-state index in [1.807, 2.05) is 0 Å². The Kier molecular flexibility index (Phi) is 5.13. The normalized spacial score (nSPS) is 11.6. The van der Waals surface area contributed by atoms with E-state index in [0.29, 0.717) is 17.1 Å². The van der Waals surface area contributed by atoms with Crippen molar-refractivity contribution in [3.63, 3.8) is 0 Å². The highest BCUT2D eigenvalue weighted by molar-refractivity contribution is 7.92. The fraction of sp³-hybridized carbons (Fsp3) is 0.111. The van der Waals surface area contributed by atoms with Crippen molar-refractivity contribution in [1.29, 1.82) is 0 Å². The molecule has 9 heteroatoms. The maximum absolute atomic E-state index is 12.5. The van der Waals surface area contributed by atoms with E-state index >= 15 is 0 Å². The lowest BCUT2D eigenvalue weighted by Crippen LogP contribution is -2.13. The summed E-state index contributed by atoms with van der Waals surface area (Å²) in [6.45, 7) is 1.60. The molecular formula is C18H17N3O5S. The smallest absolute Gasteiger partial charge is 0.263 e. The van der Waals surface area contributed by atoms with Crippen LogP contribution in [0, 0.1) is 6.92 Å². The summed E-state index contributed by atoms with van der Waals surface area (Å²) >= 11 is 0. The predicted molar refractivity (Wildman–Crippen MR) is 100 cm³/mol. The van der Waals surface area contributed by atoms with Crippen LogP contribution in [0.3, 0.4) is 0 Å². The first-order valence-corrected chi connectivity index (χ1v) is 9.35. The minimum absolute atomic E-state index is 0.0463. The topological polar surface area (TPSA) is 114 Å². The van der Waals surface area contributed by atoms with Crippen LogP contribution in [-0.2, 0) is 10.0 Å². The van der Waals surface area contributed by atoms with Gasteiger partial charge in [0.05, 0.1) is 12.0 Å². The highest BCUT2D eigenvalue weighted by Crippen LogP contribution is 2.32. The van der Waals surface area contributed by atoms with Crippen LogP contribution in [-0.4, -0.2) is 32.0 Å². The Morgan fingerprint density at radius 2 is 1.93 bits per heavy atom. The molecule has 0 aliphatic heterocycles. The maximum atomic E-state index is 12.5. The van der Waals surface area contributed by atoms with Crippen molar-refractivity contribution in [3.8, 4) is 11.5 Å². The first-order valence-electron chi connectivity index (χ1n) is 7.86. The van der Waals surface area contributed by atoms with E-state index in [9.17, 15) is 13.5 Å². The number of phenolic OH excluding ortho intramolecular Hbond substituents is 1. The Morgan fingerprint density at radius 1 is 1.19 bits per heavy atom. The zero-order chi connectivity index (χ0) is 19.4. The molecule has 3 aromatic rings. The molecule has 0 saturated carbocycles. The summed E-state index contributed by atoms with van der Waals surface area (Å²) in [5, 5.41) is 13.9. The molecular weight excluding hydrogens is 370 g/mol.